The maximum absolute atomic E-state index is 13.8. The molecule has 0 saturated heterocycles. The van der Waals surface area contributed by atoms with E-state index in [2.05, 4.69) is 29.3 Å². The molecule has 1 aromatic heterocycles. The molecule has 6 nitrogen and oxygen atoms in total. The first kappa shape index (κ1) is 24.1. The van der Waals surface area contributed by atoms with Crippen LogP contribution in [0.2, 0.25) is 0 Å². The first-order valence-corrected chi connectivity index (χ1v) is 12.8. The summed E-state index contributed by atoms with van der Waals surface area (Å²) in [6, 6.07) is 27.7. The third-order valence-electron chi connectivity index (χ3n) is 6.47. The standard InChI is InChI=1S/C30H23N5OS/c1-19-10-12-22(13-11-19)28-23(16-31)29(33)34-30(24(28)17-32)37-18-27(36)35-25-8-4-2-6-20(25)14-15-21-7-3-5-9-26(21)35/h2-13H,14-15,18H2,1H3,(H2,33,34). The average Bonchev–Trinajstić information content (AvgIpc) is 3.09. The molecule has 3 aromatic carbocycles. The van der Waals surface area contributed by atoms with Crippen LogP contribution in [-0.2, 0) is 17.6 Å². The maximum Gasteiger partial charge on any atom is 0.241 e. The van der Waals surface area contributed by atoms with E-state index in [-0.39, 0.29) is 28.6 Å². The lowest BCUT2D eigenvalue weighted by atomic mass is 9.96. The van der Waals surface area contributed by atoms with E-state index >= 15 is 0 Å². The minimum atomic E-state index is -0.127. The lowest BCUT2D eigenvalue weighted by Gasteiger charge is -2.25. The number of carbonyl (C=O) groups is 1. The summed E-state index contributed by atoms with van der Waals surface area (Å²) in [4.78, 5) is 19.9. The number of hydrogen-bond acceptors (Lipinski definition) is 6. The summed E-state index contributed by atoms with van der Waals surface area (Å²) in [5.74, 6) is -0.0435. The second kappa shape index (κ2) is 10.2. The molecule has 180 valence electrons. The molecular formula is C30H23N5OS. The van der Waals surface area contributed by atoms with Crippen LogP contribution in [0, 0.1) is 29.6 Å². The highest BCUT2D eigenvalue weighted by Crippen LogP contribution is 2.39. The molecule has 0 fully saturated rings. The number of nitrogens with zero attached hydrogens (tertiary/aromatic N) is 4. The molecule has 0 saturated carbocycles. The monoisotopic (exact) mass is 501 g/mol. The minimum Gasteiger partial charge on any atom is -0.383 e. The number of carbonyl (C=O) groups excluding carboxylic acids is 1. The van der Waals surface area contributed by atoms with Gasteiger partial charge in [0.05, 0.1) is 22.7 Å². The molecule has 2 heterocycles. The van der Waals surface area contributed by atoms with E-state index in [1.807, 2.05) is 67.6 Å². The SMILES string of the molecule is Cc1ccc(-c2c(C#N)c(N)nc(SCC(=O)N3c4ccccc4CCc4ccccc43)c2C#N)cc1. The van der Waals surface area contributed by atoms with Crippen molar-refractivity contribution in [3.8, 4) is 23.3 Å². The van der Waals surface area contributed by atoms with E-state index in [1.165, 1.54) is 0 Å². The normalized spacial score (nSPS) is 12.0. The van der Waals surface area contributed by atoms with Gasteiger partial charge in [-0.15, -0.1) is 0 Å². The number of nitriles is 2. The highest BCUT2D eigenvalue weighted by atomic mass is 32.2. The highest BCUT2D eigenvalue weighted by Gasteiger charge is 2.27. The zero-order valence-corrected chi connectivity index (χ0v) is 21.0. The predicted octanol–water partition coefficient (Wildman–Crippen LogP) is 5.94. The van der Waals surface area contributed by atoms with Crippen LogP contribution in [0.25, 0.3) is 11.1 Å². The number of rotatable bonds is 4. The van der Waals surface area contributed by atoms with Crippen molar-refractivity contribution in [3.63, 3.8) is 0 Å². The Labute approximate surface area is 220 Å². The number of hydrogen-bond donors (Lipinski definition) is 1. The van der Waals surface area contributed by atoms with Crippen molar-refractivity contribution in [2.75, 3.05) is 16.4 Å². The number of anilines is 3. The lowest BCUT2D eigenvalue weighted by molar-refractivity contribution is -0.115. The molecule has 0 atom stereocenters. The fraction of sp³-hybridized carbons (Fsp3) is 0.133. The third kappa shape index (κ3) is 4.53. The Morgan fingerprint density at radius 2 is 1.49 bits per heavy atom. The van der Waals surface area contributed by atoms with Gasteiger partial charge < -0.3 is 5.73 Å². The van der Waals surface area contributed by atoms with Gasteiger partial charge in [-0.25, -0.2) is 4.98 Å². The van der Waals surface area contributed by atoms with Gasteiger partial charge in [-0.05, 0) is 48.6 Å². The molecule has 7 heteroatoms. The Morgan fingerprint density at radius 3 is 2.05 bits per heavy atom. The number of nitrogens with two attached hydrogens (primary N) is 1. The number of fused-ring (bicyclic) bond motifs is 2. The van der Waals surface area contributed by atoms with Crippen molar-refractivity contribution in [1.82, 2.24) is 4.98 Å². The van der Waals surface area contributed by atoms with Crippen LogP contribution in [0.1, 0.15) is 27.8 Å². The van der Waals surface area contributed by atoms with Gasteiger partial charge in [0.15, 0.2) is 0 Å². The first-order chi connectivity index (χ1) is 18.0. The van der Waals surface area contributed by atoms with Crippen LogP contribution in [0.4, 0.5) is 17.2 Å². The van der Waals surface area contributed by atoms with Crippen molar-refractivity contribution < 1.29 is 4.79 Å². The Bertz CT molecular complexity index is 1550. The van der Waals surface area contributed by atoms with E-state index in [4.69, 9.17) is 5.73 Å². The van der Waals surface area contributed by atoms with Crippen molar-refractivity contribution in [2.45, 2.75) is 24.8 Å². The van der Waals surface area contributed by atoms with Gasteiger partial charge in [0.25, 0.3) is 0 Å². The molecule has 4 aromatic rings. The summed E-state index contributed by atoms with van der Waals surface area (Å²) in [6.45, 7) is 1.97. The molecule has 1 amide bonds. The van der Waals surface area contributed by atoms with Crippen molar-refractivity contribution in [1.29, 1.82) is 10.5 Å². The highest BCUT2D eigenvalue weighted by molar-refractivity contribution is 8.00. The number of amides is 1. The number of para-hydroxylation sites is 2. The second-order valence-corrected chi connectivity index (χ2v) is 9.76. The fourth-order valence-corrected chi connectivity index (χ4v) is 5.50. The fourth-order valence-electron chi connectivity index (χ4n) is 4.65. The number of pyridine rings is 1. The van der Waals surface area contributed by atoms with Gasteiger partial charge in [0.2, 0.25) is 5.91 Å². The molecule has 2 N–H and O–H groups in total. The quantitative estimate of drug-likeness (QED) is 0.347. The molecule has 1 aliphatic heterocycles. The topological polar surface area (TPSA) is 107 Å². The Balaban J connectivity index is 1.53. The summed E-state index contributed by atoms with van der Waals surface area (Å²) in [6.07, 6.45) is 1.69. The molecule has 5 rings (SSSR count). The Hall–Kier alpha value is -4.59. The number of aryl methyl sites for hydroxylation is 3. The van der Waals surface area contributed by atoms with Crippen LogP contribution in [0.3, 0.4) is 0 Å². The Kier molecular flexibility index (Phi) is 6.64. The van der Waals surface area contributed by atoms with Gasteiger partial charge >= 0.3 is 0 Å². The first-order valence-electron chi connectivity index (χ1n) is 11.8. The Morgan fingerprint density at radius 1 is 0.919 bits per heavy atom. The van der Waals surface area contributed by atoms with Crippen molar-refractivity contribution in [3.05, 3.63) is 101 Å². The molecular weight excluding hydrogens is 478 g/mol. The lowest BCUT2D eigenvalue weighted by Crippen LogP contribution is -2.28. The van der Waals surface area contributed by atoms with Gasteiger partial charge in [-0.2, -0.15) is 10.5 Å². The zero-order valence-electron chi connectivity index (χ0n) is 20.2. The number of thioether (sulfide) groups is 1. The van der Waals surface area contributed by atoms with E-state index in [0.29, 0.717) is 16.2 Å². The maximum atomic E-state index is 13.8. The summed E-state index contributed by atoms with van der Waals surface area (Å²) < 4.78 is 0. The smallest absolute Gasteiger partial charge is 0.241 e. The summed E-state index contributed by atoms with van der Waals surface area (Å²) in [7, 11) is 0. The molecule has 0 radical (unpaired) electrons. The van der Waals surface area contributed by atoms with Gasteiger partial charge in [0.1, 0.15) is 28.5 Å². The second-order valence-electron chi connectivity index (χ2n) is 8.79. The van der Waals surface area contributed by atoms with Gasteiger partial charge in [-0.3, -0.25) is 9.69 Å². The van der Waals surface area contributed by atoms with Crippen LogP contribution < -0.4 is 10.6 Å². The molecule has 1 aliphatic rings. The summed E-state index contributed by atoms with van der Waals surface area (Å²) in [5, 5.41) is 20.2. The van der Waals surface area contributed by atoms with Crippen LogP contribution in [0.15, 0.2) is 77.8 Å². The molecule has 0 aliphatic carbocycles. The number of nitrogen functional groups attached to an aromatic ring is 1. The number of aromatic nitrogens is 1. The van der Waals surface area contributed by atoms with Crippen LogP contribution in [0.5, 0.6) is 0 Å². The summed E-state index contributed by atoms with van der Waals surface area (Å²) in [5.41, 5.74) is 12.7. The van der Waals surface area contributed by atoms with Gasteiger partial charge in [0, 0.05) is 5.56 Å². The van der Waals surface area contributed by atoms with E-state index in [9.17, 15) is 15.3 Å². The largest absolute Gasteiger partial charge is 0.383 e. The third-order valence-corrected chi connectivity index (χ3v) is 7.43. The molecule has 0 unspecified atom stereocenters. The molecule has 37 heavy (non-hydrogen) atoms. The zero-order chi connectivity index (χ0) is 25.9. The van der Waals surface area contributed by atoms with Gasteiger partial charge in [-0.1, -0.05) is 78.0 Å². The number of benzene rings is 3. The van der Waals surface area contributed by atoms with E-state index in [0.717, 1.165) is 52.7 Å². The molecule has 0 bridgehead atoms. The average molecular weight is 502 g/mol. The van der Waals surface area contributed by atoms with Crippen molar-refractivity contribution >= 4 is 34.9 Å². The minimum absolute atomic E-state index is 0.0393. The summed E-state index contributed by atoms with van der Waals surface area (Å²) >= 11 is 1.16. The van der Waals surface area contributed by atoms with Crippen molar-refractivity contribution in [2.24, 2.45) is 0 Å². The molecule has 0 spiro atoms. The van der Waals surface area contributed by atoms with E-state index in [1.54, 1.807) is 4.90 Å². The van der Waals surface area contributed by atoms with E-state index < -0.39 is 0 Å². The predicted molar refractivity (Wildman–Crippen MR) is 146 cm³/mol. The van der Waals surface area contributed by atoms with Crippen LogP contribution in [-0.4, -0.2) is 16.6 Å². The van der Waals surface area contributed by atoms with Crippen LogP contribution >= 0.6 is 11.8 Å².